The number of hydrogen-bond donors (Lipinski definition) is 1. The molecule has 1 aliphatic rings. The third kappa shape index (κ3) is 3.50. The standard InChI is InChI=1S/C25H22N2O3/c28-25(24-19(12-15-29-24)17-30-20-6-2-1-3-7-20)27-13-10-18(11-14-27)22-16-26-23-9-5-4-8-21(22)23/h1-10,12,15-16,26H,11,13-14,17H2. The Morgan fingerprint density at radius 2 is 1.90 bits per heavy atom. The van der Waals surface area contributed by atoms with Crippen molar-refractivity contribution >= 4 is 22.4 Å². The Morgan fingerprint density at radius 3 is 2.73 bits per heavy atom. The first-order valence-electron chi connectivity index (χ1n) is 10.1. The molecule has 0 fully saturated rings. The van der Waals surface area contributed by atoms with E-state index < -0.39 is 0 Å². The Balaban J connectivity index is 1.29. The summed E-state index contributed by atoms with van der Waals surface area (Å²) in [6.07, 6.45) is 6.55. The van der Waals surface area contributed by atoms with Crippen LogP contribution in [-0.2, 0) is 6.61 Å². The van der Waals surface area contributed by atoms with E-state index in [-0.39, 0.29) is 5.91 Å². The van der Waals surface area contributed by atoms with Gasteiger partial charge in [0.1, 0.15) is 12.4 Å². The van der Waals surface area contributed by atoms with Crippen LogP contribution < -0.4 is 4.74 Å². The number of rotatable bonds is 5. The number of amides is 1. The van der Waals surface area contributed by atoms with Crippen molar-refractivity contribution in [2.75, 3.05) is 13.1 Å². The Labute approximate surface area is 174 Å². The number of aromatic amines is 1. The van der Waals surface area contributed by atoms with Gasteiger partial charge in [0.05, 0.1) is 6.26 Å². The molecule has 2 aromatic carbocycles. The molecule has 4 aromatic rings. The number of nitrogens with zero attached hydrogens (tertiary/aromatic N) is 1. The quantitative estimate of drug-likeness (QED) is 0.498. The summed E-state index contributed by atoms with van der Waals surface area (Å²) < 4.78 is 11.3. The molecule has 0 atom stereocenters. The number of benzene rings is 2. The maximum absolute atomic E-state index is 13.0. The first kappa shape index (κ1) is 18.3. The van der Waals surface area contributed by atoms with E-state index in [0.717, 1.165) is 23.3 Å². The van der Waals surface area contributed by atoms with Crippen LogP contribution in [0, 0.1) is 0 Å². The zero-order valence-corrected chi connectivity index (χ0v) is 16.5. The summed E-state index contributed by atoms with van der Waals surface area (Å²) in [5, 5.41) is 1.22. The lowest BCUT2D eigenvalue weighted by atomic mass is 9.98. The fourth-order valence-electron chi connectivity index (χ4n) is 3.89. The van der Waals surface area contributed by atoms with Crippen molar-refractivity contribution in [2.45, 2.75) is 13.0 Å². The molecule has 30 heavy (non-hydrogen) atoms. The topological polar surface area (TPSA) is 58.5 Å². The van der Waals surface area contributed by atoms with E-state index in [4.69, 9.17) is 9.15 Å². The highest BCUT2D eigenvalue weighted by Crippen LogP contribution is 2.29. The van der Waals surface area contributed by atoms with Gasteiger partial charge in [-0.1, -0.05) is 42.5 Å². The number of fused-ring (bicyclic) bond motifs is 1. The lowest BCUT2D eigenvalue weighted by Gasteiger charge is -2.26. The van der Waals surface area contributed by atoms with Crippen molar-refractivity contribution in [1.82, 2.24) is 9.88 Å². The smallest absolute Gasteiger partial charge is 0.290 e. The summed E-state index contributed by atoms with van der Waals surface area (Å²) >= 11 is 0. The molecule has 5 nitrogen and oxygen atoms in total. The van der Waals surface area contributed by atoms with Crippen LogP contribution in [0.5, 0.6) is 5.75 Å². The van der Waals surface area contributed by atoms with Crippen LogP contribution in [0.1, 0.15) is 28.1 Å². The van der Waals surface area contributed by atoms with E-state index in [1.807, 2.05) is 41.3 Å². The fraction of sp³-hybridized carbons (Fsp3) is 0.160. The van der Waals surface area contributed by atoms with Crippen molar-refractivity contribution in [1.29, 1.82) is 0 Å². The van der Waals surface area contributed by atoms with E-state index in [1.165, 1.54) is 16.5 Å². The van der Waals surface area contributed by atoms with Crippen LogP contribution in [-0.4, -0.2) is 28.9 Å². The molecule has 0 saturated carbocycles. The molecule has 1 aliphatic heterocycles. The normalized spacial score (nSPS) is 14.0. The average Bonchev–Trinajstić information content (AvgIpc) is 3.45. The van der Waals surface area contributed by atoms with Crippen LogP contribution >= 0.6 is 0 Å². The van der Waals surface area contributed by atoms with Crippen molar-refractivity contribution in [3.63, 3.8) is 0 Å². The molecule has 1 amide bonds. The SMILES string of the molecule is O=C(c1occc1COc1ccccc1)N1CC=C(c2c[nH]c3ccccc23)CC1. The Bertz CT molecular complexity index is 1200. The number of carbonyl (C=O) groups excluding carboxylic acids is 1. The minimum Gasteiger partial charge on any atom is -0.489 e. The van der Waals surface area contributed by atoms with Gasteiger partial charge in [-0.2, -0.15) is 0 Å². The number of para-hydroxylation sites is 2. The van der Waals surface area contributed by atoms with Gasteiger partial charge in [0.15, 0.2) is 5.76 Å². The molecular formula is C25H22N2O3. The number of nitrogens with one attached hydrogen (secondary N) is 1. The molecule has 150 valence electrons. The highest BCUT2D eigenvalue weighted by atomic mass is 16.5. The second-order valence-electron chi connectivity index (χ2n) is 7.36. The molecule has 0 saturated heterocycles. The predicted molar refractivity (Wildman–Crippen MR) is 116 cm³/mol. The fourth-order valence-corrected chi connectivity index (χ4v) is 3.89. The first-order valence-corrected chi connectivity index (χ1v) is 10.1. The van der Waals surface area contributed by atoms with Crippen LogP contribution in [0.3, 0.4) is 0 Å². The van der Waals surface area contributed by atoms with E-state index in [0.29, 0.717) is 25.5 Å². The lowest BCUT2D eigenvalue weighted by molar-refractivity contribution is 0.0737. The molecule has 0 aliphatic carbocycles. The van der Waals surface area contributed by atoms with Crippen LogP contribution in [0.15, 0.2) is 83.6 Å². The molecule has 0 bridgehead atoms. The van der Waals surface area contributed by atoms with Gasteiger partial charge in [0.25, 0.3) is 5.91 Å². The number of hydrogen-bond acceptors (Lipinski definition) is 3. The van der Waals surface area contributed by atoms with Gasteiger partial charge < -0.3 is 19.0 Å². The molecule has 0 radical (unpaired) electrons. The van der Waals surface area contributed by atoms with Crippen molar-refractivity contribution < 1.29 is 13.9 Å². The summed E-state index contributed by atoms with van der Waals surface area (Å²) in [4.78, 5) is 18.2. The van der Waals surface area contributed by atoms with Gasteiger partial charge in [-0.15, -0.1) is 0 Å². The third-order valence-electron chi connectivity index (χ3n) is 5.51. The number of H-pyrrole nitrogens is 1. The van der Waals surface area contributed by atoms with Crippen LogP contribution in [0.2, 0.25) is 0 Å². The summed E-state index contributed by atoms with van der Waals surface area (Å²) in [7, 11) is 0. The molecule has 1 N–H and O–H groups in total. The average molecular weight is 398 g/mol. The third-order valence-corrected chi connectivity index (χ3v) is 5.51. The minimum absolute atomic E-state index is 0.0964. The molecule has 5 rings (SSSR count). The Kier molecular flexibility index (Phi) is 4.85. The monoisotopic (exact) mass is 398 g/mol. The second-order valence-corrected chi connectivity index (χ2v) is 7.36. The summed E-state index contributed by atoms with van der Waals surface area (Å²) in [6, 6.07) is 19.6. The van der Waals surface area contributed by atoms with E-state index in [2.05, 4.69) is 35.5 Å². The molecule has 3 heterocycles. The van der Waals surface area contributed by atoms with Gasteiger partial charge in [0.2, 0.25) is 0 Å². The molecule has 0 spiro atoms. The molecule has 2 aromatic heterocycles. The van der Waals surface area contributed by atoms with Crippen molar-refractivity contribution in [3.05, 3.63) is 96.1 Å². The highest BCUT2D eigenvalue weighted by molar-refractivity contribution is 5.95. The van der Waals surface area contributed by atoms with Crippen LogP contribution in [0.4, 0.5) is 0 Å². The highest BCUT2D eigenvalue weighted by Gasteiger charge is 2.25. The van der Waals surface area contributed by atoms with Crippen LogP contribution in [0.25, 0.3) is 16.5 Å². The van der Waals surface area contributed by atoms with Gasteiger partial charge in [-0.05, 0) is 36.3 Å². The summed E-state index contributed by atoms with van der Waals surface area (Å²) in [5.74, 6) is 1.03. The largest absolute Gasteiger partial charge is 0.489 e. The number of ether oxygens (including phenoxy) is 1. The summed E-state index contributed by atoms with van der Waals surface area (Å²) in [5.41, 5.74) is 4.37. The van der Waals surface area contributed by atoms with E-state index in [9.17, 15) is 4.79 Å². The predicted octanol–water partition coefficient (Wildman–Crippen LogP) is 5.27. The number of aromatic nitrogens is 1. The molecular weight excluding hydrogens is 376 g/mol. The van der Waals surface area contributed by atoms with Crippen molar-refractivity contribution in [3.8, 4) is 5.75 Å². The molecule has 0 unspecified atom stereocenters. The van der Waals surface area contributed by atoms with Gasteiger partial charge in [-0.25, -0.2) is 0 Å². The van der Waals surface area contributed by atoms with Crippen molar-refractivity contribution in [2.24, 2.45) is 0 Å². The van der Waals surface area contributed by atoms with Gasteiger partial charge in [-0.3, -0.25) is 4.79 Å². The second kappa shape index (κ2) is 7.95. The van der Waals surface area contributed by atoms with Gasteiger partial charge >= 0.3 is 0 Å². The maximum Gasteiger partial charge on any atom is 0.290 e. The zero-order valence-electron chi connectivity index (χ0n) is 16.5. The minimum atomic E-state index is -0.0964. The van der Waals surface area contributed by atoms with E-state index in [1.54, 1.807) is 12.3 Å². The summed E-state index contributed by atoms with van der Waals surface area (Å²) in [6.45, 7) is 1.52. The lowest BCUT2D eigenvalue weighted by Crippen LogP contribution is -2.35. The number of carbonyl (C=O) groups is 1. The number of furan rings is 1. The van der Waals surface area contributed by atoms with Gasteiger partial charge in [0, 0.05) is 41.3 Å². The van der Waals surface area contributed by atoms with E-state index >= 15 is 0 Å². The zero-order chi connectivity index (χ0) is 20.3. The molecule has 5 heteroatoms. The first-order chi connectivity index (χ1) is 14.8. The Morgan fingerprint density at radius 1 is 1.07 bits per heavy atom. The maximum atomic E-state index is 13.0. The Hall–Kier alpha value is -3.73.